The molecule has 0 aromatic carbocycles. The highest BCUT2D eigenvalue weighted by atomic mass is 32.1. The Morgan fingerprint density at radius 2 is 1.40 bits per heavy atom. The molecule has 0 spiro atoms. The van der Waals surface area contributed by atoms with Gasteiger partial charge >= 0.3 is 0 Å². The Bertz CT molecular complexity index is 748. The monoisotopic (exact) mass is 589 g/mol. The molecular formula is C31H59NO7S. The Balaban J connectivity index is 0.00000742. The standard InChI is InChI=1S/C29H53NO7S.C2H6/c1-20(2)16-29(8,38)37-25-14-24(15-25)36-28(6,7)17-27(33)30(9)23(18-34-12-10-22(5)31)19-35-13-11-26(32)21(3)4;1-2/h20-21,23-25,38H,10-19H2,1-9H3;1-2H3. The summed E-state index contributed by atoms with van der Waals surface area (Å²) in [6.07, 6.45) is 3.49. The van der Waals surface area contributed by atoms with E-state index < -0.39 is 10.5 Å². The van der Waals surface area contributed by atoms with Gasteiger partial charge < -0.3 is 23.8 Å². The van der Waals surface area contributed by atoms with Gasteiger partial charge in [0.1, 0.15) is 16.5 Å². The van der Waals surface area contributed by atoms with E-state index in [1.807, 2.05) is 48.5 Å². The minimum absolute atomic E-state index is 0.0317. The minimum atomic E-state index is -0.645. The fourth-order valence-electron chi connectivity index (χ4n) is 4.45. The van der Waals surface area contributed by atoms with Crippen molar-refractivity contribution in [3.05, 3.63) is 0 Å². The maximum atomic E-state index is 13.2. The predicted octanol–water partition coefficient (Wildman–Crippen LogP) is 5.89. The highest BCUT2D eigenvalue weighted by Gasteiger charge is 2.39. The lowest BCUT2D eigenvalue weighted by Crippen LogP contribution is -2.48. The van der Waals surface area contributed by atoms with Crippen molar-refractivity contribution in [2.75, 3.05) is 33.5 Å². The fraction of sp³-hybridized carbons (Fsp3) is 0.903. The molecule has 1 rings (SSSR count). The van der Waals surface area contributed by atoms with Gasteiger partial charge in [0, 0.05) is 38.6 Å². The second-order valence-corrected chi connectivity index (χ2v) is 13.2. The van der Waals surface area contributed by atoms with Crippen molar-refractivity contribution in [2.24, 2.45) is 11.8 Å². The van der Waals surface area contributed by atoms with Gasteiger partial charge in [0.05, 0.1) is 56.7 Å². The van der Waals surface area contributed by atoms with E-state index in [0.717, 1.165) is 19.3 Å². The quantitative estimate of drug-likeness (QED) is 0.108. The van der Waals surface area contributed by atoms with E-state index in [2.05, 4.69) is 26.5 Å². The number of hydrogen-bond acceptors (Lipinski definition) is 8. The second-order valence-electron chi connectivity index (χ2n) is 12.3. The number of ketones is 2. The van der Waals surface area contributed by atoms with Crippen LogP contribution in [-0.2, 0) is 33.3 Å². The topological polar surface area (TPSA) is 91.4 Å². The highest BCUT2D eigenvalue weighted by Crippen LogP contribution is 2.36. The first-order chi connectivity index (χ1) is 18.5. The van der Waals surface area contributed by atoms with Crippen molar-refractivity contribution >= 4 is 30.1 Å². The lowest BCUT2D eigenvalue weighted by Gasteiger charge is -2.43. The predicted molar refractivity (Wildman–Crippen MR) is 164 cm³/mol. The molecule has 0 N–H and O–H groups in total. The number of carbonyl (C=O) groups excluding carboxylic acids is 3. The number of nitrogens with zero attached hydrogens (tertiary/aromatic N) is 1. The summed E-state index contributed by atoms with van der Waals surface area (Å²) in [7, 11) is 1.73. The summed E-state index contributed by atoms with van der Waals surface area (Å²) >= 11 is 4.68. The van der Waals surface area contributed by atoms with Crippen LogP contribution < -0.4 is 0 Å². The van der Waals surface area contributed by atoms with E-state index in [1.165, 1.54) is 6.92 Å². The molecule has 236 valence electrons. The number of likely N-dealkylation sites (N-methyl/N-ethyl adjacent to an activating group) is 1. The van der Waals surface area contributed by atoms with Crippen LogP contribution in [0, 0.1) is 11.8 Å². The van der Waals surface area contributed by atoms with Crippen LogP contribution in [0.5, 0.6) is 0 Å². The SMILES string of the molecule is CC.CC(=O)CCOCC(COCCC(=O)C(C)C)N(C)C(=O)CC(C)(C)OC1CC(OC(C)(S)CC(C)C)C1. The molecule has 8 nitrogen and oxygen atoms in total. The van der Waals surface area contributed by atoms with Gasteiger partial charge in [-0.15, -0.1) is 12.6 Å². The van der Waals surface area contributed by atoms with Crippen molar-refractivity contribution in [1.82, 2.24) is 4.90 Å². The van der Waals surface area contributed by atoms with Crippen molar-refractivity contribution in [3.63, 3.8) is 0 Å². The van der Waals surface area contributed by atoms with Crippen LogP contribution >= 0.6 is 12.6 Å². The lowest BCUT2D eigenvalue weighted by molar-refractivity contribution is -0.178. The fourth-order valence-corrected chi connectivity index (χ4v) is 4.96. The molecule has 1 saturated carbocycles. The number of rotatable bonds is 20. The Morgan fingerprint density at radius 1 is 0.900 bits per heavy atom. The Hall–Kier alpha value is -1.000. The van der Waals surface area contributed by atoms with E-state index in [9.17, 15) is 14.4 Å². The molecule has 9 heteroatoms. The molecule has 0 aliphatic heterocycles. The summed E-state index contributed by atoms with van der Waals surface area (Å²) < 4.78 is 23.9. The first-order valence-corrected chi connectivity index (χ1v) is 15.5. The van der Waals surface area contributed by atoms with E-state index in [-0.39, 0.29) is 61.3 Å². The van der Waals surface area contributed by atoms with Crippen molar-refractivity contribution in [2.45, 2.75) is 137 Å². The summed E-state index contributed by atoms with van der Waals surface area (Å²) in [6, 6.07) is -0.338. The van der Waals surface area contributed by atoms with Gasteiger partial charge in [0.25, 0.3) is 0 Å². The molecule has 1 amide bonds. The van der Waals surface area contributed by atoms with Gasteiger partial charge in [-0.3, -0.25) is 14.4 Å². The molecule has 0 radical (unpaired) electrons. The number of amides is 1. The molecule has 1 fully saturated rings. The third kappa shape index (κ3) is 17.1. The molecule has 0 saturated heterocycles. The van der Waals surface area contributed by atoms with Crippen molar-refractivity contribution in [3.8, 4) is 0 Å². The zero-order valence-electron chi connectivity index (χ0n) is 27.2. The lowest BCUT2D eigenvalue weighted by atomic mass is 9.90. The summed E-state index contributed by atoms with van der Waals surface area (Å²) in [5.74, 6) is 0.587. The number of hydrogen-bond donors (Lipinski definition) is 1. The summed E-state index contributed by atoms with van der Waals surface area (Å²) in [6.45, 7) is 20.5. The van der Waals surface area contributed by atoms with E-state index in [0.29, 0.717) is 32.0 Å². The van der Waals surface area contributed by atoms with Gasteiger partial charge in [-0.2, -0.15) is 0 Å². The zero-order chi connectivity index (χ0) is 31.1. The molecular weight excluding hydrogens is 530 g/mol. The third-order valence-electron chi connectivity index (χ3n) is 6.62. The number of thiol groups is 1. The number of Topliss-reactive ketones (excluding diaryl/α,β-unsaturated/α-hetero) is 2. The smallest absolute Gasteiger partial charge is 0.225 e. The Kier molecular flexibility index (Phi) is 18.8. The molecule has 2 atom stereocenters. The van der Waals surface area contributed by atoms with Gasteiger partial charge in [0.2, 0.25) is 5.91 Å². The maximum absolute atomic E-state index is 13.2. The van der Waals surface area contributed by atoms with Gasteiger partial charge in [-0.05, 0) is 40.0 Å². The van der Waals surface area contributed by atoms with Crippen LogP contribution in [0.15, 0.2) is 0 Å². The summed E-state index contributed by atoms with van der Waals surface area (Å²) in [5.41, 5.74) is -0.645. The van der Waals surface area contributed by atoms with Crippen LogP contribution in [0.3, 0.4) is 0 Å². The Labute approximate surface area is 250 Å². The average Bonchev–Trinajstić information content (AvgIpc) is 2.80. The summed E-state index contributed by atoms with van der Waals surface area (Å²) in [5, 5.41) is 0. The number of carbonyl (C=O) groups is 3. The van der Waals surface area contributed by atoms with Crippen molar-refractivity contribution < 1.29 is 33.3 Å². The van der Waals surface area contributed by atoms with Crippen molar-refractivity contribution in [1.29, 1.82) is 0 Å². The zero-order valence-corrected chi connectivity index (χ0v) is 28.1. The highest BCUT2D eigenvalue weighted by molar-refractivity contribution is 7.81. The van der Waals surface area contributed by atoms with Crippen LogP contribution in [0.25, 0.3) is 0 Å². The number of ether oxygens (including phenoxy) is 4. The molecule has 0 bridgehead atoms. The molecule has 2 unspecified atom stereocenters. The molecule has 1 aliphatic carbocycles. The molecule has 1 aliphatic rings. The molecule has 0 aromatic rings. The largest absolute Gasteiger partial charge is 0.379 e. The Morgan fingerprint density at radius 3 is 1.88 bits per heavy atom. The molecule has 0 aromatic heterocycles. The van der Waals surface area contributed by atoms with Gasteiger partial charge in [-0.25, -0.2) is 0 Å². The van der Waals surface area contributed by atoms with Crippen LogP contribution in [0.2, 0.25) is 0 Å². The molecule has 0 heterocycles. The average molecular weight is 590 g/mol. The first kappa shape index (κ1) is 39.0. The van der Waals surface area contributed by atoms with Gasteiger partial charge in [-0.1, -0.05) is 41.5 Å². The normalized spacial score (nSPS) is 19.4. The van der Waals surface area contributed by atoms with E-state index >= 15 is 0 Å². The maximum Gasteiger partial charge on any atom is 0.225 e. The second kappa shape index (κ2) is 19.2. The minimum Gasteiger partial charge on any atom is -0.379 e. The van der Waals surface area contributed by atoms with E-state index in [1.54, 1.807) is 11.9 Å². The third-order valence-corrected chi connectivity index (χ3v) is 6.91. The van der Waals surface area contributed by atoms with Gasteiger partial charge in [0.15, 0.2) is 0 Å². The first-order valence-electron chi connectivity index (χ1n) is 15.0. The van der Waals surface area contributed by atoms with Crippen LogP contribution in [-0.4, -0.2) is 84.6 Å². The summed E-state index contributed by atoms with van der Waals surface area (Å²) in [4.78, 5) is 37.5. The van der Waals surface area contributed by atoms with Crippen LogP contribution in [0.1, 0.15) is 108 Å². The molecule has 40 heavy (non-hydrogen) atoms. The van der Waals surface area contributed by atoms with E-state index in [4.69, 9.17) is 18.9 Å². The van der Waals surface area contributed by atoms with Crippen LogP contribution in [0.4, 0.5) is 0 Å².